The van der Waals surface area contributed by atoms with E-state index < -0.39 is 12.4 Å². The summed E-state index contributed by atoms with van der Waals surface area (Å²) in [6, 6.07) is 2.36. The Balaban J connectivity index is 3.15. The molecule has 0 saturated carbocycles. The summed E-state index contributed by atoms with van der Waals surface area (Å²) >= 11 is 0. The van der Waals surface area contributed by atoms with Gasteiger partial charge in [-0.3, -0.25) is 4.84 Å². The minimum Gasteiger partial charge on any atom is -0.461 e. The molecule has 1 aromatic heterocycles. The number of alkyl halides is 2. The Morgan fingerprint density at radius 3 is 2.53 bits per heavy atom. The van der Waals surface area contributed by atoms with Crippen molar-refractivity contribution in [1.29, 1.82) is 0 Å². The van der Waals surface area contributed by atoms with Crippen LogP contribution >= 0.6 is 0 Å². The van der Waals surface area contributed by atoms with Gasteiger partial charge in [0.1, 0.15) is 7.11 Å². The Hall–Kier alpha value is -1.72. The lowest BCUT2D eigenvalue weighted by molar-refractivity contribution is -0.887. The molecule has 0 saturated heterocycles. The van der Waals surface area contributed by atoms with Gasteiger partial charge in [-0.15, -0.1) is 0 Å². The van der Waals surface area contributed by atoms with Crippen molar-refractivity contribution in [3.63, 3.8) is 0 Å². The molecule has 0 radical (unpaired) electrons. The number of pyridine rings is 1. The fourth-order valence-electron chi connectivity index (χ4n) is 1.04. The predicted octanol–water partition coefficient (Wildman–Crippen LogP) is 0.757. The number of carbonyl (C=O) groups is 1. The zero-order valence-electron chi connectivity index (χ0n) is 8.24. The van der Waals surface area contributed by atoms with E-state index in [1.54, 1.807) is 0 Å². The van der Waals surface area contributed by atoms with Crippen LogP contribution in [-0.4, -0.2) is 20.2 Å². The Morgan fingerprint density at radius 1 is 1.40 bits per heavy atom. The van der Waals surface area contributed by atoms with Crippen LogP contribution in [0.15, 0.2) is 18.3 Å². The molecule has 15 heavy (non-hydrogen) atoms. The average Bonchev–Trinajstić information content (AvgIpc) is 2.27. The number of esters is 1. The van der Waals surface area contributed by atoms with Crippen molar-refractivity contribution >= 4 is 5.97 Å². The van der Waals surface area contributed by atoms with Crippen LogP contribution in [0.3, 0.4) is 0 Å². The molecule has 0 amide bonds. The Kier molecular flexibility index (Phi) is 3.54. The second kappa shape index (κ2) is 4.68. The van der Waals surface area contributed by atoms with Crippen LogP contribution < -0.4 is 9.57 Å². The molecule has 82 valence electrons. The van der Waals surface area contributed by atoms with E-state index in [4.69, 9.17) is 4.84 Å². The average molecular weight is 218 g/mol. The summed E-state index contributed by atoms with van der Waals surface area (Å²) in [5, 5.41) is 0. The number of methoxy groups -OCH3 is 1. The molecule has 0 fully saturated rings. The number of ether oxygens (including phenoxy) is 1. The Bertz CT molecular complexity index is 368. The Labute approximate surface area is 85.0 Å². The van der Waals surface area contributed by atoms with Crippen molar-refractivity contribution in [2.45, 2.75) is 6.43 Å². The molecule has 0 unspecified atom stereocenters. The van der Waals surface area contributed by atoms with Crippen molar-refractivity contribution < 1.29 is 27.9 Å². The molecule has 0 bridgehead atoms. The van der Waals surface area contributed by atoms with Gasteiger partial charge in [0.2, 0.25) is 6.20 Å². The number of nitrogens with zero attached hydrogens (tertiary/aromatic N) is 1. The van der Waals surface area contributed by atoms with Gasteiger partial charge in [0.05, 0.1) is 12.7 Å². The van der Waals surface area contributed by atoms with Gasteiger partial charge in [0.25, 0.3) is 6.43 Å². The molecule has 4 nitrogen and oxygen atoms in total. The number of hydrogen-bond acceptors (Lipinski definition) is 3. The van der Waals surface area contributed by atoms with Gasteiger partial charge in [0.15, 0.2) is 0 Å². The monoisotopic (exact) mass is 218 g/mol. The van der Waals surface area contributed by atoms with Crippen LogP contribution in [0.5, 0.6) is 0 Å². The van der Waals surface area contributed by atoms with Crippen LogP contribution in [0.2, 0.25) is 0 Å². The largest absolute Gasteiger partial charge is 0.461 e. The smallest absolute Gasteiger partial charge is 0.408 e. The first kappa shape index (κ1) is 11.4. The van der Waals surface area contributed by atoms with Crippen molar-refractivity contribution in [2.24, 2.45) is 0 Å². The molecular formula is C9H10F2NO3+. The molecule has 0 spiro atoms. The molecule has 0 aliphatic carbocycles. The minimum absolute atomic E-state index is 0.0457. The van der Waals surface area contributed by atoms with E-state index in [-0.39, 0.29) is 11.3 Å². The third kappa shape index (κ3) is 2.39. The standard InChI is InChI=1S/C9H10F2NO3/c1-14-9(13)7-4-3-6(8(10)11)5-12(7)15-2/h3-5,8H,1-2H3/q+1. The van der Waals surface area contributed by atoms with Crippen LogP contribution in [0.4, 0.5) is 8.78 Å². The van der Waals surface area contributed by atoms with Gasteiger partial charge >= 0.3 is 11.7 Å². The third-order valence-electron chi connectivity index (χ3n) is 1.78. The van der Waals surface area contributed by atoms with E-state index in [2.05, 4.69) is 4.74 Å². The van der Waals surface area contributed by atoms with E-state index in [9.17, 15) is 13.6 Å². The van der Waals surface area contributed by atoms with E-state index in [0.29, 0.717) is 0 Å². The molecule has 0 aliphatic rings. The van der Waals surface area contributed by atoms with E-state index >= 15 is 0 Å². The van der Waals surface area contributed by atoms with E-state index in [1.165, 1.54) is 20.3 Å². The highest BCUT2D eigenvalue weighted by molar-refractivity contribution is 5.85. The second-order valence-electron chi connectivity index (χ2n) is 2.65. The summed E-state index contributed by atoms with van der Waals surface area (Å²) in [7, 11) is 2.46. The van der Waals surface area contributed by atoms with Crippen LogP contribution in [0.1, 0.15) is 22.5 Å². The predicted molar refractivity (Wildman–Crippen MR) is 45.4 cm³/mol. The zero-order chi connectivity index (χ0) is 11.4. The highest BCUT2D eigenvalue weighted by Crippen LogP contribution is 2.16. The fourth-order valence-corrected chi connectivity index (χ4v) is 1.04. The fraction of sp³-hybridized carbons (Fsp3) is 0.333. The first-order valence-electron chi connectivity index (χ1n) is 4.06. The zero-order valence-corrected chi connectivity index (χ0v) is 8.24. The molecule has 0 atom stereocenters. The van der Waals surface area contributed by atoms with Crippen molar-refractivity contribution in [2.75, 3.05) is 14.2 Å². The quantitative estimate of drug-likeness (QED) is 0.555. The molecule has 0 aromatic carbocycles. The minimum atomic E-state index is -2.61. The molecule has 1 aromatic rings. The highest BCUT2D eigenvalue weighted by Gasteiger charge is 2.24. The van der Waals surface area contributed by atoms with Gasteiger partial charge < -0.3 is 4.74 Å². The van der Waals surface area contributed by atoms with Gasteiger partial charge in [-0.1, -0.05) is 0 Å². The second-order valence-corrected chi connectivity index (χ2v) is 2.65. The van der Waals surface area contributed by atoms with Crippen molar-refractivity contribution in [3.8, 4) is 0 Å². The maximum absolute atomic E-state index is 12.3. The summed E-state index contributed by atoms with van der Waals surface area (Å²) in [5.41, 5.74) is -0.186. The van der Waals surface area contributed by atoms with Crippen molar-refractivity contribution in [1.82, 2.24) is 0 Å². The summed E-state index contributed by atoms with van der Waals surface area (Å²) in [5.74, 6) is -0.655. The van der Waals surface area contributed by atoms with Crippen LogP contribution in [0, 0.1) is 0 Å². The molecule has 0 aliphatic heterocycles. The number of halogens is 2. The lowest BCUT2D eigenvalue weighted by Gasteiger charge is -2.01. The van der Waals surface area contributed by atoms with Gasteiger partial charge in [-0.05, 0) is 6.07 Å². The van der Waals surface area contributed by atoms with Crippen LogP contribution in [-0.2, 0) is 4.74 Å². The molecule has 1 heterocycles. The summed E-state index contributed by atoms with van der Waals surface area (Å²) in [4.78, 5) is 15.9. The highest BCUT2D eigenvalue weighted by atomic mass is 19.3. The molecule has 0 N–H and O–H groups in total. The number of hydrogen-bond donors (Lipinski definition) is 0. The maximum Gasteiger partial charge on any atom is 0.408 e. The lowest BCUT2D eigenvalue weighted by atomic mass is 10.2. The molecule has 6 heteroatoms. The van der Waals surface area contributed by atoms with E-state index in [1.807, 2.05) is 0 Å². The van der Waals surface area contributed by atoms with Crippen LogP contribution in [0.25, 0.3) is 0 Å². The maximum atomic E-state index is 12.3. The Morgan fingerprint density at radius 2 is 2.07 bits per heavy atom. The van der Waals surface area contributed by atoms with Crippen molar-refractivity contribution in [3.05, 3.63) is 29.6 Å². The first-order valence-corrected chi connectivity index (χ1v) is 4.06. The summed E-state index contributed by atoms with van der Waals surface area (Å²) < 4.78 is 30.0. The lowest BCUT2D eigenvalue weighted by Crippen LogP contribution is -2.46. The van der Waals surface area contributed by atoms with Gasteiger partial charge in [-0.2, -0.15) is 0 Å². The molecular weight excluding hydrogens is 208 g/mol. The summed E-state index contributed by atoms with van der Waals surface area (Å²) in [6.45, 7) is 0. The third-order valence-corrected chi connectivity index (χ3v) is 1.78. The number of carbonyl (C=O) groups excluding carboxylic acids is 1. The van der Waals surface area contributed by atoms with Gasteiger partial charge in [-0.25, -0.2) is 13.6 Å². The topological polar surface area (TPSA) is 39.4 Å². The normalized spacial score (nSPS) is 10.2. The number of rotatable bonds is 3. The van der Waals surface area contributed by atoms with Gasteiger partial charge in [0, 0.05) is 10.8 Å². The van der Waals surface area contributed by atoms with E-state index in [0.717, 1.165) is 17.0 Å². The SMILES string of the molecule is COC(=O)c1ccc(C(F)F)c[n+]1OC. The summed E-state index contributed by atoms with van der Waals surface area (Å²) in [6.07, 6.45) is -1.57. The first-order chi connectivity index (χ1) is 7.10. The molecule has 1 rings (SSSR count). The number of aromatic nitrogens is 1.